The molecule has 0 aliphatic carbocycles. The van der Waals surface area contributed by atoms with Crippen LogP contribution < -0.4 is 0 Å². The molecule has 40 heavy (non-hydrogen) atoms. The summed E-state index contributed by atoms with van der Waals surface area (Å²) in [5.74, 6) is 0. The van der Waals surface area contributed by atoms with Gasteiger partial charge >= 0.3 is 0 Å². The van der Waals surface area contributed by atoms with Gasteiger partial charge in [-0.3, -0.25) is 15.0 Å². The number of pyridine rings is 3. The van der Waals surface area contributed by atoms with Crippen molar-refractivity contribution in [2.24, 2.45) is 0 Å². The van der Waals surface area contributed by atoms with Crippen LogP contribution >= 0.6 is 46.6 Å². The molecule has 0 aliphatic heterocycles. The van der Waals surface area contributed by atoms with Crippen LogP contribution in [0.5, 0.6) is 0 Å². The lowest BCUT2D eigenvalue weighted by molar-refractivity contribution is 0.602. The molecule has 0 bridgehead atoms. The third-order valence-corrected chi connectivity index (χ3v) is 8.65. The van der Waals surface area contributed by atoms with Gasteiger partial charge in [-0.2, -0.15) is 0 Å². The van der Waals surface area contributed by atoms with Crippen LogP contribution in [0.3, 0.4) is 0 Å². The number of benzene rings is 3. The van der Waals surface area contributed by atoms with Gasteiger partial charge in [-0.25, -0.2) is 8.42 Å². The third kappa shape index (κ3) is 7.42. The predicted molar refractivity (Wildman–Crippen MR) is 170 cm³/mol. The molecule has 3 aromatic heterocycles. The normalized spacial score (nSPS) is 11.1. The van der Waals surface area contributed by atoms with E-state index in [1.165, 1.54) is 22.8 Å². The molecule has 0 spiro atoms. The van der Waals surface area contributed by atoms with Crippen molar-refractivity contribution in [3.8, 4) is 0 Å². The molecule has 6 rings (SSSR count). The number of hydrogen-bond donors (Lipinski definition) is 0. The summed E-state index contributed by atoms with van der Waals surface area (Å²) in [6.45, 7) is 2.04. The molecular formula is C30H24Cl3N3O2S2. The zero-order valence-electron chi connectivity index (χ0n) is 21.8. The highest BCUT2D eigenvalue weighted by atomic mass is 35.5. The number of hydrogen-bond acceptors (Lipinski definition) is 6. The van der Waals surface area contributed by atoms with Crippen LogP contribution in [-0.2, 0) is 9.84 Å². The largest absolute Gasteiger partial charge is 0.256 e. The molecule has 6 aromatic rings. The van der Waals surface area contributed by atoms with Gasteiger partial charge in [0.15, 0.2) is 9.84 Å². The van der Waals surface area contributed by atoms with Crippen LogP contribution in [0.25, 0.3) is 32.7 Å². The summed E-state index contributed by atoms with van der Waals surface area (Å²) in [4.78, 5) is 14.0. The van der Waals surface area contributed by atoms with E-state index in [1.807, 2.05) is 49.6 Å². The SMILES string of the molecule is CS(=O)(=O)c1ccc2nccc(Cl)c2c1.CSc1ccc2nccc(Cl)c2c1.Cc1ccc2nccc(Cl)c2c1. The van der Waals surface area contributed by atoms with Gasteiger partial charge in [0, 0.05) is 45.9 Å². The number of aryl methyl sites for hydroxylation is 1. The quantitative estimate of drug-likeness (QED) is 0.178. The number of rotatable bonds is 2. The summed E-state index contributed by atoms with van der Waals surface area (Å²) in [6.07, 6.45) is 8.25. The molecule has 0 saturated carbocycles. The first-order valence-corrected chi connectivity index (χ1v) is 16.2. The summed E-state index contributed by atoms with van der Waals surface area (Å²) in [6, 6.07) is 22.2. The summed E-state index contributed by atoms with van der Waals surface area (Å²) in [5, 5.41) is 4.74. The second kappa shape index (κ2) is 13.1. The Morgan fingerprint density at radius 2 is 1.07 bits per heavy atom. The first-order valence-electron chi connectivity index (χ1n) is 11.9. The molecule has 0 fully saturated rings. The van der Waals surface area contributed by atoms with Gasteiger partial charge < -0.3 is 0 Å². The summed E-state index contributed by atoms with van der Waals surface area (Å²) in [5.41, 5.74) is 3.80. The van der Waals surface area contributed by atoms with E-state index in [9.17, 15) is 8.42 Å². The number of sulfone groups is 1. The van der Waals surface area contributed by atoms with Crippen molar-refractivity contribution in [2.75, 3.05) is 12.5 Å². The van der Waals surface area contributed by atoms with Gasteiger partial charge in [0.05, 0.1) is 36.5 Å². The van der Waals surface area contributed by atoms with E-state index in [0.717, 1.165) is 31.9 Å². The number of halogens is 3. The maximum absolute atomic E-state index is 11.3. The van der Waals surface area contributed by atoms with Crippen molar-refractivity contribution in [3.63, 3.8) is 0 Å². The molecule has 0 saturated heterocycles. The Balaban J connectivity index is 0.000000140. The molecule has 0 radical (unpaired) electrons. The van der Waals surface area contributed by atoms with Crippen LogP contribution in [0, 0.1) is 6.92 Å². The lowest BCUT2D eigenvalue weighted by Crippen LogP contribution is -1.96. The summed E-state index contributed by atoms with van der Waals surface area (Å²) in [7, 11) is -3.20. The highest BCUT2D eigenvalue weighted by molar-refractivity contribution is 7.98. The Bertz CT molecular complexity index is 1930. The van der Waals surface area contributed by atoms with E-state index in [-0.39, 0.29) is 4.90 Å². The molecule has 0 amide bonds. The Morgan fingerprint density at radius 1 is 0.625 bits per heavy atom. The van der Waals surface area contributed by atoms with Crippen molar-refractivity contribution >= 4 is 89.1 Å². The maximum atomic E-state index is 11.3. The molecule has 3 heterocycles. The van der Waals surface area contributed by atoms with Crippen molar-refractivity contribution in [1.82, 2.24) is 15.0 Å². The molecule has 5 nitrogen and oxygen atoms in total. The Morgan fingerprint density at radius 3 is 1.57 bits per heavy atom. The lowest BCUT2D eigenvalue weighted by Gasteiger charge is -2.02. The van der Waals surface area contributed by atoms with E-state index in [1.54, 1.807) is 48.6 Å². The number of fused-ring (bicyclic) bond motifs is 3. The van der Waals surface area contributed by atoms with Crippen LogP contribution in [0.15, 0.2) is 101 Å². The average molecular weight is 629 g/mol. The minimum atomic E-state index is -3.20. The van der Waals surface area contributed by atoms with Crippen molar-refractivity contribution in [1.29, 1.82) is 0 Å². The molecule has 0 unspecified atom stereocenters. The van der Waals surface area contributed by atoms with E-state index in [4.69, 9.17) is 34.8 Å². The highest BCUT2D eigenvalue weighted by Crippen LogP contribution is 2.26. The molecule has 0 aliphatic rings. The summed E-state index contributed by atoms with van der Waals surface area (Å²) < 4.78 is 22.6. The number of nitrogens with zero attached hydrogens (tertiary/aromatic N) is 3. The molecule has 10 heteroatoms. The third-order valence-electron chi connectivity index (χ3n) is 5.83. The fourth-order valence-electron chi connectivity index (χ4n) is 3.77. The second-order valence-corrected chi connectivity index (χ2v) is 12.9. The van der Waals surface area contributed by atoms with Gasteiger partial charge in [-0.15, -0.1) is 11.8 Å². The lowest BCUT2D eigenvalue weighted by atomic mass is 10.1. The van der Waals surface area contributed by atoms with Gasteiger partial charge in [0.1, 0.15) is 0 Å². The van der Waals surface area contributed by atoms with E-state index < -0.39 is 9.84 Å². The van der Waals surface area contributed by atoms with Gasteiger partial charge in [-0.1, -0.05) is 46.4 Å². The molecule has 204 valence electrons. The zero-order chi connectivity index (χ0) is 28.9. The monoisotopic (exact) mass is 627 g/mol. The van der Waals surface area contributed by atoms with Crippen LogP contribution in [0.1, 0.15) is 5.56 Å². The van der Waals surface area contributed by atoms with Crippen LogP contribution in [0.2, 0.25) is 15.1 Å². The molecular weight excluding hydrogens is 605 g/mol. The number of aromatic nitrogens is 3. The second-order valence-electron chi connectivity index (χ2n) is 8.73. The smallest absolute Gasteiger partial charge is 0.175 e. The van der Waals surface area contributed by atoms with E-state index in [0.29, 0.717) is 15.9 Å². The number of thioether (sulfide) groups is 1. The van der Waals surface area contributed by atoms with E-state index in [2.05, 4.69) is 27.1 Å². The zero-order valence-corrected chi connectivity index (χ0v) is 25.7. The van der Waals surface area contributed by atoms with Crippen LogP contribution in [0.4, 0.5) is 0 Å². The minimum absolute atomic E-state index is 0.255. The summed E-state index contributed by atoms with van der Waals surface area (Å²) >= 11 is 19.7. The standard InChI is InChI=1S/C10H8ClNO2S.C10H8ClNS.C10H8ClN/c1-15(13,14)7-2-3-10-8(6-7)9(11)4-5-12-10;1-13-7-2-3-10-8(6-7)9(11)4-5-12-10;1-7-2-3-10-8(6-7)9(11)4-5-12-10/h2-6H,1H3;2-6H,1H3;2-6H,1H3. The van der Waals surface area contributed by atoms with Crippen molar-refractivity contribution in [2.45, 2.75) is 16.7 Å². The maximum Gasteiger partial charge on any atom is 0.175 e. The van der Waals surface area contributed by atoms with Crippen LogP contribution in [-0.4, -0.2) is 35.9 Å². The molecule has 3 aromatic carbocycles. The van der Waals surface area contributed by atoms with Crippen molar-refractivity contribution in [3.05, 3.63) is 112 Å². The van der Waals surface area contributed by atoms with Gasteiger partial charge in [-0.05, 0) is 79.9 Å². The fourth-order valence-corrected chi connectivity index (χ4v) is 5.48. The van der Waals surface area contributed by atoms with Gasteiger partial charge in [0.25, 0.3) is 0 Å². The van der Waals surface area contributed by atoms with E-state index >= 15 is 0 Å². The molecule has 0 N–H and O–H groups in total. The Kier molecular flexibility index (Phi) is 9.87. The predicted octanol–water partition coefficient (Wildman–Crippen LogP) is 9.10. The first-order chi connectivity index (χ1) is 19.1. The Labute approximate surface area is 252 Å². The van der Waals surface area contributed by atoms with Gasteiger partial charge in [0.2, 0.25) is 0 Å². The van der Waals surface area contributed by atoms with Crippen molar-refractivity contribution < 1.29 is 8.42 Å². The average Bonchev–Trinajstić information content (AvgIpc) is 2.94. The molecule has 0 atom stereocenters. The fraction of sp³-hybridized carbons (Fsp3) is 0.100. The topological polar surface area (TPSA) is 72.8 Å². The minimum Gasteiger partial charge on any atom is -0.256 e. The Hall–Kier alpha value is -2.94. The first kappa shape index (κ1) is 30.0. The highest BCUT2D eigenvalue weighted by Gasteiger charge is 2.09.